The third-order valence-electron chi connectivity index (χ3n) is 2.94. The standard InChI is InChI=1S/C12H14BrNO5S/c1-18-12(15)11-6-9(7-14-11)19-20(16,17)10-4-2-8(13)3-5-10/h2-5,9,11,14H,6-7H2,1H3/t9-,11-/m0/s1. The van der Waals surface area contributed by atoms with Gasteiger partial charge in [-0.3, -0.25) is 8.98 Å². The number of carbonyl (C=O) groups is 1. The molecule has 0 saturated carbocycles. The molecule has 20 heavy (non-hydrogen) atoms. The van der Waals surface area contributed by atoms with Gasteiger partial charge in [0.05, 0.1) is 18.1 Å². The van der Waals surface area contributed by atoms with E-state index < -0.39 is 28.2 Å². The molecule has 0 unspecified atom stereocenters. The Morgan fingerprint density at radius 1 is 1.35 bits per heavy atom. The van der Waals surface area contributed by atoms with Crippen molar-refractivity contribution in [3.63, 3.8) is 0 Å². The lowest BCUT2D eigenvalue weighted by atomic mass is 10.2. The maximum absolute atomic E-state index is 12.1. The monoisotopic (exact) mass is 363 g/mol. The van der Waals surface area contributed by atoms with Crippen molar-refractivity contribution in [2.24, 2.45) is 0 Å². The van der Waals surface area contributed by atoms with Crippen LogP contribution in [0.3, 0.4) is 0 Å². The van der Waals surface area contributed by atoms with Crippen molar-refractivity contribution in [3.05, 3.63) is 28.7 Å². The Morgan fingerprint density at radius 2 is 2.00 bits per heavy atom. The number of esters is 1. The minimum absolute atomic E-state index is 0.0854. The summed E-state index contributed by atoms with van der Waals surface area (Å²) in [5.41, 5.74) is 0. The molecule has 1 aliphatic heterocycles. The van der Waals surface area contributed by atoms with E-state index in [0.717, 1.165) is 4.47 Å². The number of carbonyl (C=O) groups excluding carboxylic acids is 1. The van der Waals surface area contributed by atoms with Crippen LogP contribution in [-0.4, -0.2) is 40.2 Å². The first-order valence-corrected chi connectivity index (χ1v) is 8.12. The zero-order valence-electron chi connectivity index (χ0n) is 10.7. The van der Waals surface area contributed by atoms with E-state index in [1.807, 2.05) is 0 Å². The van der Waals surface area contributed by atoms with Crippen molar-refractivity contribution in [3.8, 4) is 0 Å². The molecular formula is C12H14BrNO5S. The Balaban J connectivity index is 2.03. The van der Waals surface area contributed by atoms with Gasteiger partial charge < -0.3 is 10.1 Å². The zero-order chi connectivity index (χ0) is 14.8. The Bertz CT molecular complexity index is 586. The average Bonchev–Trinajstić information content (AvgIpc) is 2.86. The van der Waals surface area contributed by atoms with Crippen LogP contribution in [0.25, 0.3) is 0 Å². The third-order valence-corrected chi connectivity index (χ3v) is 4.85. The predicted molar refractivity (Wildman–Crippen MR) is 74.6 cm³/mol. The van der Waals surface area contributed by atoms with Gasteiger partial charge in [0.2, 0.25) is 0 Å². The number of hydrogen-bond donors (Lipinski definition) is 1. The highest BCUT2D eigenvalue weighted by Crippen LogP contribution is 2.21. The Morgan fingerprint density at radius 3 is 2.60 bits per heavy atom. The number of hydrogen-bond acceptors (Lipinski definition) is 6. The number of halogens is 1. The molecule has 6 nitrogen and oxygen atoms in total. The molecule has 1 saturated heterocycles. The van der Waals surface area contributed by atoms with Crippen molar-refractivity contribution >= 4 is 32.0 Å². The SMILES string of the molecule is COC(=O)[C@@H]1C[C@H](OS(=O)(=O)c2ccc(Br)cc2)CN1. The summed E-state index contributed by atoms with van der Waals surface area (Å²) >= 11 is 3.24. The number of benzene rings is 1. The predicted octanol–water partition coefficient (Wildman–Crippen LogP) is 1.06. The average molecular weight is 364 g/mol. The van der Waals surface area contributed by atoms with Crippen LogP contribution in [0.15, 0.2) is 33.6 Å². The van der Waals surface area contributed by atoms with Crippen LogP contribution >= 0.6 is 15.9 Å². The minimum atomic E-state index is -3.83. The fourth-order valence-electron chi connectivity index (χ4n) is 1.93. The molecule has 1 fully saturated rings. The summed E-state index contributed by atoms with van der Waals surface area (Å²) in [4.78, 5) is 11.4. The molecule has 0 radical (unpaired) electrons. The van der Waals surface area contributed by atoms with Gasteiger partial charge in [0.1, 0.15) is 6.04 Å². The molecule has 1 aliphatic rings. The van der Waals surface area contributed by atoms with Crippen molar-refractivity contribution in [1.82, 2.24) is 5.32 Å². The molecule has 110 valence electrons. The van der Waals surface area contributed by atoms with Crippen molar-refractivity contribution in [2.45, 2.75) is 23.5 Å². The van der Waals surface area contributed by atoms with Gasteiger partial charge in [0.25, 0.3) is 10.1 Å². The van der Waals surface area contributed by atoms with Crippen LogP contribution in [0.2, 0.25) is 0 Å². The first-order valence-electron chi connectivity index (χ1n) is 5.92. The van der Waals surface area contributed by atoms with Crippen LogP contribution in [0, 0.1) is 0 Å². The first kappa shape index (κ1) is 15.4. The summed E-state index contributed by atoms with van der Waals surface area (Å²) in [6.07, 6.45) is -0.310. The summed E-state index contributed by atoms with van der Waals surface area (Å²) < 4.78 is 34.6. The highest BCUT2D eigenvalue weighted by molar-refractivity contribution is 9.10. The molecule has 1 aromatic rings. The number of methoxy groups -OCH3 is 1. The lowest BCUT2D eigenvalue weighted by molar-refractivity contribution is -0.142. The summed E-state index contributed by atoms with van der Waals surface area (Å²) in [5.74, 6) is -0.419. The van der Waals surface area contributed by atoms with Crippen molar-refractivity contribution < 1.29 is 22.1 Å². The minimum Gasteiger partial charge on any atom is -0.468 e. The van der Waals surface area contributed by atoms with E-state index in [1.165, 1.54) is 19.2 Å². The lowest BCUT2D eigenvalue weighted by Crippen LogP contribution is -2.31. The summed E-state index contributed by atoms with van der Waals surface area (Å²) in [6, 6.07) is 5.64. The molecule has 1 heterocycles. The molecule has 2 rings (SSSR count). The van der Waals surface area contributed by atoms with E-state index in [9.17, 15) is 13.2 Å². The van der Waals surface area contributed by atoms with Crippen molar-refractivity contribution in [2.75, 3.05) is 13.7 Å². The quantitative estimate of drug-likeness (QED) is 0.636. The van der Waals surface area contributed by atoms with E-state index in [2.05, 4.69) is 26.0 Å². The molecule has 1 N–H and O–H groups in total. The topological polar surface area (TPSA) is 81.7 Å². The number of ether oxygens (including phenoxy) is 1. The fourth-order valence-corrected chi connectivity index (χ4v) is 3.28. The normalized spacial score (nSPS) is 22.7. The Kier molecular flexibility index (Phi) is 4.79. The smallest absolute Gasteiger partial charge is 0.322 e. The van der Waals surface area contributed by atoms with Gasteiger partial charge in [-0.2, -0.15) is 8.42 Å². The van der Waals surface area contributed by atoms with Gasteiger partial charge in [-0.1, -0.05) is 15.9 Å². The maximum Gasteiger partial charge on any atom is 0.322 e. The highest BCUT2D eigenvalue weighted by Gasteiger charge is 2.34. The lowest BCUT2D eigenvalue weighted by Gasteiger charge is -2.11. The molecular weight excluding hydrogens is 350 g/mol. The van der Waals surface area contributed by atoms with E-state index >= 15 is 0 Å². The van der Waals surface area contributed by atoms with Gasteiger partial charge in [-0.15, -0.1) is 0 Å². The van der Waals surface area contributed by atoms with Gasteiger partial charge in [0, 0.05) is 17.4 Å². The largest absolute Gasteiger partial charge is 0.468 e. The van der Waals surface area contributed by atoms with E-state index in [1.54, 1.807) is 12.1 Å². The van der Waals surface area contributed by atoms with E-state index in [4.69, 9.17) is 4.18 Å². The van der Waals surface area contributed by atoms with E-state index in [-0.39, 0.29) is 17.9 Å². The fraction of sp³-hybridized carbons (Fsp3) is 0.417. The summed E-state index contributed by atoms with van der Waals surface area (Å²) in [6.45, 7) is 0.287. The molecule has 0 aliphatic carbocycles. The maximum atomic E-state index is 12.1. The molecule has 0 bridgehead atoms. The third kappa shape index (κ3) is 3.57. The molecule has 2 atom stereocenters. The second kappa shape index (κ2) is 6.21. The summed E-state index contributed by atoms with van der Waals surface area (Å²) in [7, 11) is -2.54. The van der Waals surface area contributed by atoms with Gasteiger partial charge in [0.15, 0.2) is 0 Å². The molecule has 0 amide bonds. The molecule has 8 heteroatoms. The Labute approximate surface area is 125 Å². The van der Waals surface area contributed by atoms with Crippen LogP contribution in [0.4, 0.5) is 0 Å². The summed E-state index contributed by atoms with van der Waals surface area (Å²) in [5, 5.41) is 2.87. The van der Waals surface area contributed by atoms with Crippen LogP contribution in [0.1, 0.15) is 6.42 Å². The van der Waals surface area contributed by atoms with Gasteiger partial charge >= 0.3 is 5.97 Å². The van der Waals surface area contributed by atoms with Crippen LogP contribution in [-0.2, 0) is 23.8 Å². The van der Waals surface area contributed by atoms with E-state index in [0.29, 0.717) is 0 Å². The molecule has 0 aromatic heterocycles. The number of nitrogens with one attached hydrogen (secondary N) is 1. The highest BCUT2D eigenvalue weighted by atomic mass is 79.9. The van der Waals surface area contributed by atoms with Gasteiger partial charge in [-0.05, 0) is 24.3 Å². The first-order chi connectivity index (χ1) is 9.42. The van der Waals surface area contributed by atoms with Gasteiger partial charge in [-0.25, -0.2) is 0 Å². The second-order valence-corrected chi connectivity index (χ2v) is 6.83. The molecule has 0 spiro atoms. The Hall–Kier alpha value is -0.960. The van der Waals surface area contributed by atoms with Crippen LogP contribution < -0.4 is 5.32 Å². The van der Waals surface area contributed by atoms with Crippen molar-refractivity contribution in [1.29, 1.82) is 0 Å². The molecule has 1 aromatic carbocycles. The second-order valence-electron chi connectivity index (χ2n) is 4.35. The zero-order valence-corrected chi connectivity index (χ0v) is 13.1. The van der Waals surface area contributed by atoms with Crippen LogP contribution in [0.5, 0.6) is 0 Å². The number of rotatable bonds is 4.